The Morgan fingerprint density at radius 2 is 1.88 bits per heavy atom. The maximum Gasteiger partial charge on any atom is 0.291 e. The summed E-state index contributed by atoms with van der Waals surface area (Å²) in [6, 6.07) is 16.4. The molecule has 9 heteroatoms. The zero-order chi connectivity index (χ0) is 22.2. The first-order chi connectivity index (χ1) is 15.6. The van der Waals surface area contributed by atoms with Crippen molar-refractivity contribution in [2.45, 2.75) is 0 Å². The Morgan fingerprint density at radius 1 is 1.06 bits per heavy atom. The Morgan fingerprint density at radius 3 is 2.62 bits per heavy atom. The van der Waals surface area contributed by atoms with Crippen molar-refractivity contribution >= 4 is 34.0 Å². The zero-order valence-corrected chi connectivity index (χ0v) is 18.6. The number of methoxy groups -OCH3 is 2. The third-order valence-corrected chi connectivity index (χ3v) is 6.15. The van der Waals surface area contributed by atoms with E-state index in [0.29, 0.717) is 43.4 Å². The van der Waals surface area contributed by atoms with Crippen molar-refractivity contribution < 1.29 is 13.9 Å². The number of hydrogen-bond donors (Lipinski definition) is 0. The highest BCUT2D eigenvalue weighted by Crippen LogP contribution is 2.31. The van der Waals surface area contributed by atoms with Crippen LogP contribution in [0, 0.1) is 0 Å². The predicted octanol–water partition coefficient (Wildman–Crippen LogP) is 4.30. The molecule has 5 rings (SSSR count). The van der Waals surface area contributed by atoms with Crippen LogP contribution in [-0.2, 0) is 0 Å². The Kier molecular flexibility index (Phi) is 5.16. The number of furan rings is 1. The Hall–Kier alpha value is -3.62. The van der Waals surface area contributed by atoms with E-state index in [9.17, 15) is 4.79 Å². The highest BCUT2D eigenvalue weighted by Gasteiger charge is 2.15. The summed E-state index contributed by atoms with van der Waals surface area (Å²) in [4.78, 5) is 17.9. The lowest BCUT2D eigenvalue weighted by Gasteiger charge is -2.07. The predicted molar refractivity (Wildman–Crippen MR) is 124 cm³/mol. The van der Waals surface area contributed by atoms with Gasteiger partial charge in [-0.3, -0.25) is 4.79 Å². The first-order valence-corrected chi connectivity index (χ1v) is 10.8. The van der Waals surface area contributed by atoms with Gasteiger partial charge in [-0.1, -0.05) is 35.1 Å². The molecule has 0 unspecified atom stereocenters. The molecule has 0 fully saturated rings. The molecule has 0 amide bonds. The number of nitrogens with zero attached hydrogens (tertiary/aromatic N) is 3. The maximum atomic E-state index is 12.9. The van der Waals surface area contributed by atoms with Crippen molar-refractivity contribution in [2.24, 2.45) is 0 Å². The van der Waals surface area contributed by atoms with Gasteiger partial charge in [-0.2, -0.15) is 9.50 Å². The van der Waals surface area contributed by atoms with E-state index in [0.717, 1.165) is 11.1 Å². The van der Waals surface area contributed by atoms with Crippen molar-refractivity contribution in [1.29, 1.82) is 0 Å². The number of hydrogen-bond acceptors (Lipinski definition) is 7. The first kappa shape index (κ1) is 20.3. The highest BCUT2D eigenvalue weighted by molar-refractivity contribution is 7.15. The molecule has 0 saturated carbocycles. The highest BCUT2D eigenvalue weighted by atomic mass is 35.5. The van der Waals surface area contributed by atoms with Crippen LogP contribution in [0.2, 0.25) is 5.02 Å². The third-order valence-electron chi connectivity index (χ3n) is 4.86. The second kappa shape index (κ2) is 8.14. The molecule has 0 aliphatic carbocycles. The van der Waals surface area contributed by atoms with Crippen LogP contribution >= 0.6 is 22.9 Å². The lowest BCUT2D eigenvalue weighted by atomic mass is 10.2. The molecular formula is C23H16ClN3O4S. The summed E-state index contributed by atoms with van der Waals surface area (Å²) in [5.74, 6) is 2.77. The van der Waals surface area contributed by atoms with Crippen LogP contribution in [0.3, 0.4) is 0 Å². The average Bonchev–Trinajstić information content (AvgIpc) is 3.51. The molecule has 3 aromatic heterocycles. The molecule has 0 spiro atoms. The van der Waals surface area contributed by atoms with Crippen LogP contribution in [0.5, 0.6) is 11.5 Å². The van der Waals surface area contributed by atoms with E-state index in [2.05, 4.69) is 10.1 Å². The van der Waals surface area contributed by atoms with Gasteiger partial charge in [0.1, 0.15) is 16.1 Å². The third kappa shape index (κ3) is 3.53. The van der Waals surface area contributed by atoms with Crippen LogP contribution in [0.15, 0.2) is 63.8 Å². The van der Waals surface area contributed by atoms with Crippen molar-refractivity contribution in [2.75, 3.05) is 14.2 Å². The van der Waals surface area contributed by atoms with Gasteiger partial charge in [0.2, 0.25) is 4.96 Å². The second-order valence-corrected chi connectivity index (χ2v) is 8.21. The number of benzene rings is 2. The molecule has 0 N–H and O–H groups in total. The van der Waals surface area contributed by atoms with Gasteiger partial charge < -0.3 is 13.9 Å². The molecule has 0 bridgehead atoms. The minimum atomic E-state index is -0.264. The maximum absolute atomic E-state index is 12.9. The fourth-order valence-electron chi connectivity index (χ4n) is 3.30. The van der Waals surface area contributed by atoms with E-state index in [1.54, 1.807) is 44.6 Å². The molecule has 5 aromatic rings. The monoisotopic (exact) mass is 465 g/mol. The number of halogens is 1. The molecule has 0 aliphatic rings. The summed E-state index contributed by atoms with van der Waals surface area (Å²) in [5.41, 5.74) is 1.25. The average molecular weight is 466 g/mol. The van der Waals surface area contributed by atoms with E-state index in [1.165, 1.54) is 15.9 Å². The molecule has 0 radical (unpaired) electrons. The summed E-state index contributed by atoms with van der Waals surface area (Å²) in [7, 11) is 3.13. The molecule has 0 aliphatic heterocycles. The van der Waals surface area contributed by atoms with E-state index in [4.69, 9.17) is 25.5 Å². The number of aromatic nitrogens is 3. The molecule has 3 heterocycles. The first-order valence-electron chi connectivity index (χ1n) is 9.56. The molecule has 0 atom stereocenters. The SMILES string of the molecule is COc1ccc(-c2nc3sc(=Cc4ccc(-c5ccccc5Cl)o4)c(=O)n3n2)cc1OC. The van der Waals surface area contributed by atoms with Gasteiger partial charge in [-0.25, -0.2) is 0 Å². The minimum absolute atomic E-state index is 0.264. The molecule has 7 nitrogen and oxygen atoms in total. The summed E-state index contributed by atoms with van der Waals surface area (Å²) < 4.78 is 18.2. The van der Waals surface area contributed by atoms with Crippen LogP contribution in [0.4, 0.5) is 0 Å². The largest absolute Gasteiger partial charge is 0.493 e. The zero-order valence-electron chi connectivity index (χ0n) is 17.0. The van der Waals surface area contributed by atoms with Crippen LogP contribution < -0.4 is 19.6 Å². The Balaban J connectivity index is 1.51. The van der Waals surface area contributed by atoms with Crippen molar-refractivity contribution in [3.8, 4) is 34.2 Å². The number of fused-ring (bicyclic) bond motifs is 1. The number of ether oxygens (including phenoxy) is 2. The van der Waals surface area contributed by atoms with Gasteiger partial charge >= 0.3 is 0 Å². The smallest absolute Gasteiger partial charge is 0.291 e. The van der Waals surface area contributed by atoms with Gasteiger partial charge in [0, 0.05) is 17.2 Å². The van der Waals surface area contributed by atoms with Crippen molar-refractivity contribution in [3.63, 3.8) is 0 Å². The number of rotatable bonds is 5. The fraction of sp³-hybridized carbons (Fsp3) is 0.0870. The molecular weight excluding hydrogens is 450 g/mol. The standard InChI is InChI=1S/C23H16ClN3O4S/c1-29-18-9-7-13(11-19(18)30-2)21-25-23-27(26-21)22(28)20(32-23)12-14-8-10-17(31-14)15-5-3-4-6-16(15)24/h3-12H,1-2H3. The van der Waals surface area contributed by atoms with Gasteiger partial charge in [-0.15, -0.1) is 5.10 Å². The molecule has 32 heavy (non-hydrogen) atoms. The normalized spacial score (nSPS) is 11.9. The van der Waals surface area contributed by atoms with Gasteiger partial charge in [0.05, 0.1) is 19.2 Å². The van der Waals surface area contributed by atoms with E-state index < -0.39 is 0 Å². The second-order valence-electron chi connectivity index (χ2n) is 6.80. The molecule has 0 saturated heterocycles. The number of thiazole rings is 1. The van der Waals surface area contributed by atoms with E-state index >= 15 is 0 Å². The quantitative estimate of drug-likeness (QED) is 0.385. The molecule has 160 valence electrons. The van der Waals surface area contributed by atoms with Gasteiger partial charge in [0.15, 0.2) is 17.3 Å². The Labute approximate surface area is 191 Å². The van der Waals surface area contributed by atoms with E-state index in [1.807, 2.05) is 30.3 Å². The van der Waals surface area contributed by atoms with Crippen molar-refractivity contribution in [3.05, 3.63) is 80.3 Å². The molecule has 2 aromatic carbocycles. The lowest BCUT2D eigenvalue weighted by molar-refractivity contribution is 0.355. The summed E-state index contributed by atoms with van der Waals surface area (Å²) in [5, 5.41) is 4.98. The van der Waals surface area contributed by atoms with Gasteiger partial charge in [0.25, 0.3) is 5.56 Å². The van der Waals surface area contributed by atoms with Crippen molar-refractivity contribution in [1.82, 2.24) is 14.6 Å². The van der Waals surface area contributed by atoms with Crippen LogP contribution in [0.1, 0.15) is 5.76 Å². The fourth-order valence-corrected chi connectivity index (χ4v) is 4.41. The summed E-state index contributed by atoms with van der Waals surface area (Å²) in [6.07, 6.45) is 1.68. The minimum Gasteiger partial charge on any atom is -0.493 e. The Bertz CT molecular complexity index is 1550. The lowest BCUT2D eigenvalue weighted by Crippen LogP contribution is -2.23. The summed E-state index contributed by atoms with van der Waals surface area (Å²) >= 11 is 7.48. The summed E-state index contributed by atoms with van der Waals surface area (Å²) in [6.45, 7) is 0. The van der Waals surface area contributed by atoms with E-state index in [-0.39, 0.29) is 5.56 Å². The van der Waals surface area contributed by atoms with Crippen LogP contribution in [0.25, 0.3) is 33.7 Å². The topological polar surface area (TPSA) is 78.9 Å². The van der Waals surface area contributed by atoms with Gasteiger partial charge in [-0.05, 0) is 42.5 Å². The van der Waals surface area contributed by atoms with Crippen LogP contribution in [-0.4, -0.2) is 28.8 Å².